The van der Waals surface area contributed by atoms with Crippen LogP contribution in [0.4, 0.5) is 17.2 Å². The third-order valence-electron chi connectivity index (χ3n) is 2.40. The first kappa shape index (κ1) is 11.2. The smallest absolute Gasteiger partial charge is 0.293 e. The highest BCUT2D eigenvalue weighted by atomic mass is 16.1. The summed E-state index contributed by atoms with van der Waals surface area (Å²) in [6, 6.07) is 7.19. The highest BCUT2D eigenvalue weighted by Crippen LogP contribution is 2.14. The van der Waals surface area contributed by atoms with Crippen molar-refractivity contribution in [1.29, 1.82) is 0 Å². The lowest BCUT2D eigenvalue weighted by molar-refractivity contribution is 0.720. The van der Waals surface area contributed by atoms with Crippen LogP contribution in [0.25, 0.3) is 0 Å². The SMILES string of the molecule is CCn1ccnc(Nc2cccc(N)c2)c1=O. The van der Waals surface area contributed by atoms with Gasteiger partial charge in [0.25, 0.3) is 5.56 Å². The third-order valence-corrected chi connectivity index (χ3v) is 2.40. The first-order chi connectivity index (χ1) is 8.20. The zero-order valence-corrected chi connectivity index (χ0v) is 9.55. The van der Waals surface area contributed by atoms with E-state index in [2.05, 4.69) is 10.3 Å². The van der Waals surface area contributed by atoms with Gasteiger partial charge in [-0.15, -0.1) is 0 Å². The molecule has 1 aromatic carbocycles. The molecule has 0 amide bonds. The quantitative estimate of drug-likeness (QED) is 0.785. The molecule has 5 nitrogen and oxygen atoms in total. The maximum atomic E-state index is 11.9. The Kier molecular flexibility index (Phi) is 3.09. The fourth-order valence-electron chi connectivity index (χ4n) is 1.54. The number of nitrogen functional groups attached to an aromatic ring is 1. The lowest BCUT2D eigenvalue weighted by atomic mass is 10.3. The summed E-state index contributed by atoms with van der Waals surface area (Å²) in [5.41, 5.74) is 6.92. The molecule has 5 heteroatoms. The van der Waals surface area contributed by atoms with E-state index >= 15 is 0 Å². The van der Waals surface area contributed by atoms with Gasteiger partial charge in [0, 0.05) is 30.3 Å². The van der Waals surface area contributed by atoms with E-state index in [9.17, 15) is 4.79 Å². The standard InChI is InChI=1S/C12H14N4O/c1-2-16-7-6-14-11(12(16)17)15-10-5-3-4-9(13)8-10/h3-8H,2,13H2,1H3,(H,14,15). The van der Waals surface area contributed by atoms with Crippen molar-refractivity contribution in [2.24, 2.45) is 0 Å². The zero-order chi connectivity index (χ0) is 12.3. The molecule has 0 saturated carbocycles. The molecule has 0 spiro atoms. The van der Waals surface area contributed by atoms with E-state index in [4.69, 9.17) is 5.73 Å². The van der Waals surface area contributed by atoms with Crippen molar-refractivity contribution in [3.8, 4) is 0 Å². The number of hydrogen-bond acceptors (Lipinski definition) is 4. The van der Waals surface area contributed by atoms with Crippen LogP contribution in [-0.2, 0) is 6.54 Å². The lowest BCUT2D eigenvalue weighted by Crippen LogP contribution is -2.22. The number of anilines is 3. The van der Waals surface area contributed by atoms with Gasteiger partial charge in [0.05, 0.1) is 0 Å². The van der Waals surface area contributed by atoms with Crippen LogP contribution in [0.1, 0.15) is 6.92 Å². The second-order valence-corrected chi connectivity index (χ2v) is 3.62. The van der Waals surface area contributed by atoms with E-state index < -0.39 is 0 Å². The minimum Gasteiger partial charge on any atom is -0.399 e. The van der Waals surface area contributed by atoms with Gasteiger partial charge in [-0.2, -0.15) is 0 Å². The van der Waals surface area contributed by atoms with E-state index in [0.29, 0.717) is 18.1 Å². The second kappa shape index (κ2) is 4.69. The average molecular weight is 230 g/mol. The number of nitrogens with one attached hydrogen (secondary N) is 1. The van der Waals surface area contributed by atoms with Gasteiger partial charge in [-0.1, -0.05) is 6.07 Å². The number of aromatic nitrogens is 2. The van der Waals surface area contributed by atoms with Gasteiger partial charge in [0.15, 0.2) is 5.82 Å². The van der Waals surface area contributed by atoms with Gasteiger partial charge in [-0.05, 0) is 25.1 Å². The summed E-state index contributed by atoms with van der Waals surface area (Å²) in [6.45, 7) is 2.53. The summed E-state index contributed by atoms with van der Waals surface area (Å²) in [6.07, 6.45) is 3.26. The van der Waals surface area contributed by atoms with Crippen LogP contribution in [0.15, 0.2) is 41.5 Å². The molecule has 1 heterocycles. The highest BCUT2D eigenvalue weighted by Gasteiger charge is 2.03. The van der Waals surface area contributed by atoms with Gasteiger partial charge in [-0.3, -0.25) is 4.79 Å². The van der Waals surface area contributed by atoms with Crippen LogP contribution >= 0.6 is 0 Å². The van der Waals surface area contributed by atoms with E-state index in [1.54, 1.807) is 29.1 Å². The molecule has 0 radical (unpaired) electrons. The normalized spacial score (nSPS) is 10.2. The molecule has 0 aliphatic carbocycles. The fourth-order valence-corrected chi connectivity index (χ4v) is 1.54. The van der Waals surface area contributed by atoms with Gasteiger partial charge in [0.1, 0.15) is 0 Å². The van der Waals surface area contributed by atoms with Gasteiger partial charge in [-0.25, -0.2) is 4.98 Å². The van der Waals surface area contributed by atoms with Gasteiger partial charge in [0.2, 0.25) is 0 Å². The Labute approximate surface area is 98.9 Å². The molecule has 0 bridgehead atoms. The molecule has 3 N–H and O–H groups in total. The third kappa shape index (κ3) is 2.44. The molecule has 1 aromatic heterocycles. The molecule has 17 heavy (non-hydrogen) atoms. The number of aryl methyl sites for hydroxylation is 1. The molecule has 88 valence electrons. The van der Waals surface area contributed by atoms with Crippen molar-refractivity contribution in [1.82, 2.24) is 9.55 Å². The van der Waals surface area contributed by atoms with Crippen molar-refractivity contribution in [2.75, 3.05) is 11.1 Å². The number of hydrogen-bond donors (Lipinski definition) is 2. The number of rotatable bonds is 3. The Balaban J connectivity index is 2.34. The second-order valence-electron chi connectivity index (χ2n) is 3.62. The van der Waals surface area contributed by atoms with Crippen molar-refractivity contribution in [3.63, 3.8) is 0 Å². The first-order valence-electron chi connectivity index (χ1n) is 5.38. The van der Waals surface area contributed by atoms with Crippen LogP contribution in [0.3, 0.4) is 0 Å². The molecule has 2 aromatic rings. The Morgan fingerprint density at radius 1 is 1.47 bits per heavy atom. The molecule has 0 saturated heterocycles. The maximum absolute atomic E-state index is 11.9. The molecule has 0 atom stereocenters. The van der Waals surface area contributed by atoms with Crippen LogP contribution in [0, 0.1) is 0 Å². The molecule has 0 aliphatic rings. The topological polar surface area (TPSA) is 72.9 Å². The summed E-state index contributed by atoms with van der Waals surface area (Å²) >= 11 is 0. The predicted molar refractivity (Wildman–Crippen MR) is 68.3 cm³/mol. The highest BCUT2D eigenvalue weighted by molar-refractivity contribution is 5.60. The van der Waals surface area contributed by atoms with Crippen LogP contribution < -0.4 is 16.6 Å². The van der Waals surface area contributed by atoms with Crippen molar-refractivity contribution in [3.05, 3.63) is 47.0 Å². The first-order valence-corrected chi connectivity index (χ1v) is 5.38. The Morgan fingerprint density at radius 2 is 2.29 bits per heavy atom. The molecular formula is C12H14N4O. The summed E-state index contributed by atoms with van der Waals surface area (Å²) in [5.74, 6) is 0.306. The lowest BCUT2D eigenvalue weighted by Gasteiger charge is -2.07. The van der Waals surface area contributed by atoms with Crippen molar-refractivity contribution < 1.29 is 0 Å². The molecule has 0 unspecified atom stereocenters. The van der Waals surface area contributed by atoms with E-state index in [1.165, 1.54) is 0 Å². The van der Waals surface area contributed by atoms with E-state index in [1.807, 2.05) is 19.1 Å². The molecule has 2 rings (SSSR count). The van der Waals surface area contributed by atoms with Crippen molar-refractivity contribution >= 4 is 17.2 Å². The summed E-state index contributed by atoms with van der Waals surface area (Å²) in [7, 11) is 0. The van der Waals surface area contributed by atoms with Gasteiger partial charge >= 0.3 is 0 Å². The van der Waals surface area contributed by atoms with Crippen molar-refractivity contribution in [2.45, 2.75) is 13.5 Å². The van der Waals surface area contributed by atoms with E-state index in [0.717, 1.165) is 5.69 Å². The zero-order valence-electron chi connectivity index (χ0n) is 9.55. The Hall–Kier alpha value is -2.30. The predicted octanol–water partition coefficient (Wildman–Crippen LogP) is 1.59. The largest absolute Gasteiger partial charge is 0.399 e. The molecule has 0 aliphatic heterocycles. The maximum Gasteiger partial charge on any atom is 0.293 e. The van der Waals surface area contributed by atoms with Crippen LogP contribution in [0.5, 0.6) is 0 Å². The Bertz CT molecular complexity index is 577. The summed E-state index contributed by atoms with van der Waals surface area (Å²) < 4.78 is 1.58. The minimum absolute atomic E-state index is 0.141. The molecule has 0 fully saturated rings. The number of nitrogens with zero attached hydrogens (tertiary/aromatic N) is 2. The Morgan fingerprint density at radius 3 is 3.00 bits per heavy atom. The minimum atomic E-state index is -0.141. The van der Waals surface area contributed by atoms with Gasteiger partial charge < -0.3 is 15.6 Å². The van der Waals surface area contributed by atoms with Crippen LogP contribution in [-0.4, -0.2) is 9.55 Å². The summed E-state index contributed by atoms with van der Waals surface area (Å²) in [4.78, 5) is 15.9. The average Bonchev–Trinajstić information content (AvgIpc) is 2.32. The summed E-state index contributed by atoms with van der Waals surface area (Å²) in [5, 5.41) is 2.96. The number of benzene rings is 1. The molecular weight excluding hydrogens is 216 g/mol. The van der Waals surface area contributed by atoms with Crippen LogP contribution in [0.2, 0.25) is 0 Å². The fraction of sp³-hybridized carbons (Fsp3) is 0.167. The monoisotopic (exact) mass is 230 g/mol. The number of nitrogens with two attached hydrogens (primary N) is 1. The van der Waals surface area contributed by atoms with E-state index in [-0.39, 0.29) is 5.56 Å².